The SMILES string of the molecule is NNC(=O)Nc1cnn(-c2ccccc2)c1-n1cccc1. The molecule has 21 heavy (non-hydrogen) atoms. The van der Waals surface area contributed by atoms with Crippen molar-refractivity contribution in [3.8, 4) is 11.5 Å². The molecule has 0 aliphatic heterocycles. The molecule has 0 aliphatic rings. The number of anilines is 1. The molecule has 1 aromatic carbocycles. The van der Waals surface area contributed by atoms with Gasteiger partial charge >= 0.3 is 6.03 Å². The molecule has 106 valence electrons. The molecular weight excluding hydrogens is 268 g/mol. The van der Waals surface area contributed by atoms with Crippen LogP contribution in [0.4, 0.5) is 10.5 Å². The van der Waals surface area contributed by atoms with Gasteiger partial charge in [0.25, 0.3) is 0 Å². The van der Waals surface area contributed by atoms with Gasteiger partial charge in [0, 0.05) is 12.4 Å². The first-order valence-electron chi connectivity index (χ1n) is 6.34. The summed E-state index contributed by atoms with van der Waals surface area (Å²) in [5.74, 6) is 5.83. The zero-order valence-electron chi connectivity index (χ0n) is 11.1. The van der Waals surface area contributed by atoms with E-state index in [-0.39, 0.29) is 0 Å². The highest BCUT2D eigenvalue weighted by Crippen LogP contribution is 2.23. The maximum Gasteiger partial charge on any atom is 0.333 e. The monoisotopic (exact) mass is 282 g/mol. The van der Waals surface area contributed by atoms with Gasteiger partial charge in [0.2, 0.25) is 0 Å². The van der Waals surface area contributed by atoms with Gasteiger partial charge < -0.3 is 9.88 Å². The second-order valence-corrected chi connectivity index (χ2v) is 4.32. The van der Waals surface area contributed by atoms with Gasteiger partial charge in [0.15, 0.2) is 5.82 Å². The van der Waals surface area contributed by atoms with E-state index in [9.17, 15) is 4.79 Å². The molecule has 0 atom stereocenters. The number of hydrogen-bond donors (Lipinski definition) is 3. The average molecular weight is 282 g/mol. The molecule has 0 aliphatic carbocycles. The van der Waals surface area contributed by atoms with E-state index in [0.29, 0.717) is 5.69 Å². The summed E-state index contributed by atoms with van der Waals surface area (Å²) in [5.41, 5.74) is 3.48. The number of nitrogens with two attached hydrogens (primary N) is 1. The van der Waals surface area contributed by atoms with Gasteiger partial charge in [-0.1, -0.05) is 18.2 Å². The first kappa shape index (κ1) is 12.9. The van der Waals surface area contributed by atoms with E-state index in [0.717, 1.165) is 11.5 Å². The zero-order valence-corrected chi connectivity index (χ0v) is 11.1. The fourth-order valence-electron chi connectivity index (χ4n) is 2.07. The molecule has 7 nitrogen and oxygen atoms in total. The largest absolute Gasteiger partial charge is 0.333 e. The van der Waals surface area contributed by atoms with Crippen LogP contribution in [-0.4, -0.2) is 20.4 Å². The van der Waals surface area contributed by atoms with Crippen molar-refractivity contribution in [3.63, 3.8) is 0 Å². The number of carbonyl (C=O) groups is 1. The molecule has 0 radical (unpaired) electrons. The number of benzene rings is 1. The molecule has 0 bridgehead atoms. The third-order valence-electron chi connectivity index (χ3n) is 2.97. The molecule has 0 fully saturated rings. The minimum Gasteiger partial charge on any atom is -0.307 e. The predicted molar refractivity (Wildman–Crippen MR) is 79.2 cm³/mol. The van der Waals surface area contributed by atoms with E-state index in [4.69, 9.17) is 5.84 Å². The van der Waals surface area contributed by atoms with E-state index < -0.39 is 6.03 Å². The van der Waals surface area contributed by atoms with Crippen molar-refractivity contribution < 1.29 is 4.79 Å². The number of para-hydroxylation sites is 1. The maximum absolute atomic E-state index is 11.5. The number of amides is 2. The van der Waals surface area contributed by atoms with Crippen LogP contribution >= 0.6 is 0 Å². The number of nitrogens with zero attached hydrogens (tertiary/aromatic N) is 3. The Morgan fingerprint density at radius 3 is 2.48 bits per heavy atom. The number of hydrazine groups is 1. The van der Waals surface area contributed by atoms with Gasteiger partial charge in [-0.05, 0) is 24.3 Å². The summed E-state index contributed by atoms with van der Waals surface area (Å²) in [6.45, 7) is 0. The lowest BCUT2D eigenvalue weighted by atomic mass is 10.3. The topological polar surface area (TPSA) is 89.9 Å². The Kier molecular flexibility index (Phi) is 3.40. The van der Waals surface area contributed by atoms with Crippen molar-refractivity contribution in [2.75, 3.05) is 5.32 Å². The molecule has 0 spiro atoms. The zero-order chi connectivity index (χ0) is 14.7. The molecule has 7 heteroatoms. The summed E-state index contributed by atoms with van der Waals surface area (Å²) in [6.07, 6.45) is 5.33. The van der Waals surface area contributed by atoms with Crippen LogP contribution < -0.4 is 16.6 Å². The quantitative estimate of drug-likeness (QED) is 0.387. The lowest BCUT2D eigenvalue weighted by Crippen LogP contribution is -2.34. The highest BCUT2D eigenvalue weighted by atomic mass is 16.2. The average Bonchev–Trinajstić information content (AvgIpc) is 3.17. The van der Waals surface area contributed by atoms with Crippen molar-refractivity contribution in [1.29, 1.82) is 0 Å². The fraction of sp³-hybridized carbons (Fsp3) is 0. The number of urea groups is 1. The lowest BCUT2D eigenvalue weighted by molar-refractivity contribution is 0.252. The summed E-state index contributed by atoms with van der Waals surface area (Å²) in [5, 5.41) is 7.00. The summed E-state index contributed by atoms with van der Waals surface area (Å²) < 4.78 is 3.61. The summed E-state index contributed by atoms with van der Waals surface area (Å²) in [4.78, 5) is 11.5. The van der Waals surface area contributed by atoms with E-state index in [1.54, 1.807) is 10.9 Å². The molecule has 0 saturated heterocycles. The molecule has 2 heterocycles. The second kappa shape index (κ2) is 5.51. The van der Waals surface area contributed by atoms with Crippen LogP contribution in [0.1, 0.15) is 0 Å². The van der Waals surface area contributed by atoms with Gasteiger partial charge in [-0.2, -0.15) is 5.10 Å². The summed E-state index contributed by atoms with van der Waals surface area (Å²) >= 11 is 0. The molecule has 3 rings (SSSR count). The van der Waals surface area contributed by atoms with Crippen LogP contribution in [0, 0.1) is 0 Å². The third-order valence-corrected chi connectivity index (χ3v) is 2.97. The van der Waals surface area contributed by atoms with Gasteiger partial charge in [0.05, 0.1) is 11.9 Å². The molecule has 3 aromatic rings. The minimum absolute atomic E-state index is 0.504. The van der Waals surface area contributed by atoms with Crippen molar-refractivity contribution in [3.05, 3.63) is 61.1 Å². The number of nitrogens with one attached hydrogen (secondary N) is 2. The lowest BCUT2D eigenvalue weighted by Gasteiger charge is -2.11. The molecule has 4 N–H and O–H groups in total. The van der Waals surface area contributed by atoms with Crippen LogP contribution in [0.15, 0.2) is 61.1 Å². The number of hydrogen-bond acceptors (Lipinski definition) is 3. The first-order valence-corrected chi connectivity index (χ1v) is 6.34. The smallest absolute Gasteiger partial charge is 0.307 e. The molecule has 2 aromatic heterocycles. The Labute approximate surface area is 121 Å². The van der Waals surface area contributed by atoms with E-state index in [1.807, 2.05) is 64.9 Å². The van der Waals surface area contributed by atoms with Crippen LogP contribution in [0.3, 0.4) is 0 Å². The van der Waals surface area contributed by atoms with Crippen molar-refractivity contribution >= 4 is 11.7 Å². The van der Waals surface area contributed by atoms with E-state index in [1.165, 1.54) is 0 Å². The number of rotatable bonds is 3. The van der Waals surface area contributed by atoms with Gasteiger partial charge in [-0.15, -0.1) is 0 Å². The van der Waals surface area contributed by atoms with Crippen molar-refractivity contribution in [2.24, 2.45) is 5.84 Å². The minimum atomic E-state index is -0.504. The van der Waals surface area contributed by atoms with Gasteiger partial charge in [-0.3, -0.25) is 5.43 Å². The normalized spacial score (nSPS) is 10.3. The fourth-order valence-corrected chi connectivity index (χ4v) is 2.07. The van der Waals surface area contributed by atoms with Gasteiger partial charge in [0.1, 0.15) is 5.69 Å². The van der Waals surface area contributed by atoms with Crippen LogP contribution in [0.5, 0.6) is 0 Å². The number of aromatic nitrogens is 3. The number of carbonyl (C=O) groups excluding carboxylic acids is 1. The second-order valence-electron chi connectivity index (χ2n) is 4.32. The van der Waals surface area contributed by atoms with Gasteiger partial charge in [-0.25, -0.2) is 15.3 Å². The summed E-state index contributed by atoms with van der Waals surface area (Å²) in [6, 6.07) is 13.0. The van der Waals surface area contributed by atoms with Crippen LogP contribution in [-0.2, 0) is 0 Å². The van der Waals surface area contributed by atoms with Crippen molar-refractivity contribution in [2.45, 2.75) is 0 Å². The first-order chi connectivity index (χ1) is 10.3. The predicted octanol–water partition coefficient (Wildman–Crippen LogP) is 1.66. The molecule has 2 amide bonds. The van der Waals surface area contributed by atoms with Crippen LogP contribution in [0.2, 0.25) is 0 Å². The Morgan fingerprint density at radius 1 is 1.10 bits per heavy atom. The Bertz CT molecular complexity index is 732. The van der Waals surface area contributed by atoms with E-state index in [2.05, 4.69) is 10.4 Å². The highest BCUT2D eigenvalue weighted by Gasteiger charge is 2.15. The Balaban J connectivity index is 2.11. The third kappa shape index (κ3) is 2.49. The Morgan fingerprint density at radius 2 is 1.81 bits per heavy atom. The summed E-state index contributed by atoms with van der Waals surface area (Å²) in [7, 11) is 0. The standard InChI is InChI=1S/C14H14N6O/c15-18-14(21)17-12-10-16-20(11-6-2-1-3-7-11)13(12)19-8-4-5-9-19/h1-10H,15H2,(H2,17,18,21). The molecule has 0 unspecified atom stereocenters. The molecule has 0 saturated carbocycles. The highest BCUT2D eigenvalue weighted by molar-refractivity contribution is 5.90. The van der Waals surface area contributed by atoms with E-state index >= 15 is 0 Å². The van der Waals surface area contributed by atoms with Crippen LogP contribution in [0.25, 0.3) is 11.5 Å². The Hall–Kier alpha value is -3.06. The molecular formula is C14H14N6O. The maximum atomic E-state index is 11.5. The van der Waals surface area contributed by atoms with Crippen molar-refractivity contribution in [1.82, 2.24) is 19.8 Å².